The quantitative estimate of drug-likeness (QED) is 0.437. The predicted molar refractivity (Wildman–Crippen MR) is 102 cm³/mol. The van der Waals surface area contributed by atoms with Crippen LogP contribution in [0.1, 0.15) is 13.8 Å². The number of nitrogens with zero attached hydrogens (tertiary/aromatic N) is 2. The van der Waals surface area contributed by atoms with Crippen molar-refractivity contribution in [3.05, 3.63) is 33.6 Å². The van der Waals surface area contributed by atoms with E-state index < -0.39 is 5.97 Å². The molecule has 0 radical (unpaired) electrons. The van der Waals surface area contributed by atoms with Crippen LogP contribution in [-0.4, -0.2) is 40.8 Å². The lowest BCUT2D eigenvalue weighted by Gasteiger charge is -2.15. The fourth-order valence-corrected chi connectivity index (χ4v) is 3.24. The lowest BCUT2D eigenvalue weighted by molar-refractivity contribution is -0.140. The Kier molecular flexibility index (Phi) is 7.05. The van der Waals surface area contributed by atoms with E-state index >= 15 is 0 Å². The number of fused-ring (bicyclic) bond motifs is 1. The summed E-state index contributed by atoms with van der Waals surface area (Å²) >= 11 is 7.14. The topological polar surface area (TPSA) is 90.3 Å². The Morgan fingerprint density at radius 1 is 1.38 bits per heavy atom. The van der Waals surface area contributed by atoms with E-state index in [9.17, 15) is 14.4 Å². The predicted octanol–water partition coefficient (Wildman–Crippen LogP) is 2.09. The first-order valence-corrected chi connectivity index (χ1v) is 9.34. The van der Waals surface area contributed by atoms with E-state index in [-0.39, 0.29) is 29.7 Å². The van der Waals surface area contributed by atoms with Crippen LogP contribution in [0, 0.1) is 5.92 Å². The third-order valence-corrected chi connectivity index (χ3v) is 4.63. The third-order valence-electron chi connectivity index (χ3n) is 3.42. The van der Waals surface area contributed by atoms with Crippen LogP contribution in [0.4, 0.5) is 0 Å². The number of rotatable bonds is 7. The first-order valence-electron chi connectivity index (χ1n) is 7.98. The average Bonchev–Trinajstić information content (AvgIpc) is 2.60. The maximum Gasteiger partial charge on any atom is 0.325 e. The van der Waals surface area contributed by atoms with Gasteiger partial charge in [0, 0.05) is 11.6 Å². The molecule has 0 unspecified atom stereocenters. The molecule has 0 saturated heterocycles. The van der Waals surface area contributed by atoms with Crippen molar-refractivity contribution in [1.29, 1.82) is 0 Å². The highest BCUT2D eigenvalue weighted by Crippen LogP contribution is 2.21. The van der Waals surface area contributed by atoms with Crippen molar-refractivity contribution >= 4 is 46.1 Å². The SMILES string of the molecule is COC(=O)CNC(=O)CSc1nc2ccc(Cl)cc2c(=O)n1CC(C)C. The van der Waals surface area contributed by atoms with Crippen LogP contribution in [0.3, 0.4) is 0 Å². The van der Waals surface area contributed by atoms with Crippen molar-refractivity contribution in [2.75, 3.05) is 19.4 Å². The number of benzene rings is 1. The van der Waals surface area contributed by atoms with Crippen molar-refractivity contribution < 1.29 is 14.3 Å². The van der Waals surface area contributed by atoms with Crippen LogP contribution >= 0.6 is 23.4 Å². The van der Waals surface area contributed by atoms with Crippen molar-refractivity contribution in [2.45, 2.75) is 25.5 Å². The second-order valence-corrected chi connectivity index (χ2v) is 7.39. The standard InChI is InChI=1S/C17H20ClN3O4S/c1-10(2)8-21-16(24)12-6-11(18)4-5-13(12)20-17(21)26-9-14(22)19-7-15(23)25-3/h4-6,10H,7-9H2,1-3H3,(H,19,22). The number of hydrogen-bond donors (Lipinski definition) is 1. The number of hydrogen-bond acceptors (Lipinski definition) is 6. The molecule has 2 rings (SSSR count). The summed E-state index contributed by atoms with van der Waals surface area (Å²) in [6.45, 7) is 4.26. The summed E-state index contributed by atoms with van der Waals surface area (Å²) in [5.74, 6) is -0.623. The van der Waals surface area contributed by atoms with Gasteiger partial charge in [-0.15, -0.1) is 0 Å². The molecule has 0 aliphatic carbocycles. The Morgan fingerprint density at radius 3 is 2.77 bits per heavy atom. The Bertz CT molecular complexity index is 882. The maximum atomic E-state index is 12.8. The van der Waals surface area contributed by atoms with Crippen molar-refractivity contribution in [2.24, 2.45) is 5.92 Å². The van der Waals surface area contributed by atoms with Crippen LogP contribution in [0.15, 0.2) is 28.2 Å². The van der Waals surface area contributed by atoms with E-state index in [4.69, 9.17) is 11.6 Å². The lowest BCUT2D eigenvalue weighted by atomic mass is 10.2. The Morgan fingerprint density at radius 2 is 2.12 bits per heavy atom. The van der Waals surface area contributed by atoms with Gasteiger partial charge in [0.2, 0.25) is 5.91 Å². The summed E-state index contributed by atoms with van der Waals surface area (Å²) in [5.41, 5.74) is 0.334. The molecule has 0 fully saturated rings. The van der Waals surface area contributed by atoms with Gasteiger partial charge in [-0.3, -0.25) is 19.0 Å². The number of carbonyl (C=O) groups is 2. The molecule has 0 aliphatic rings. The van der Waals surface area contributed by atoms with E-state index in [0.29, 0.717) is 27.6 Å². The van der Waals surface area contributed by atoms with E-state index in [1.165, 1.54) is 7.11 Å². The number of halogens is 1. The highest BCUT2D eigenvalue weighted by molar-refractivity contribution is 7.99. The van der Waals surface area contributed by atoms with Gasteiger partial charge < -0.3 is 10.1 Å². The maximum absolute atomic E-state index is 12.8. The second-order valence-electron chi connectivity index (χ2n) is 6.01. The number of ether oxygens (including phenoxy) is 1. The Labute approximate surface area is 160 Å². The minimum Gasteiger partial charge on any atom is -0.468 e. The Balaban J connectivity index is 2.27. The molecule has 7 nitrogen and oxygen atoms in total. The fraction of sp³-hybridized carbons (Fsp3) is 0.412. The molecule has 9 heteroatoms. The number of carbonyl (C=O) groups excluding carboxylic acids is 2. The normalized spacial score (nSPS) is 11.0. The molecule has 1 heterocycles. The molecule has 2 aromatic rings. The number of thioether (sulfide) groups is 1. The molecular weight excluding hydrogens is 378 g/mol. The van der Waals surface area contributed by atoms with Crippen LogP contribution in [0.5, 0.6) is 0 Å². The molecule has 0 atom stereocenters. The molecule has 1 aromatic heterocycles. The number of methoxy groups -OCH3 is 1. The summed E-state index contributed by atoms with van der Waals surface area (Å²) in [5, 5.41) is 3.82. The average molecular weight is 398 g/mol. The van der Waals surface area contributed by atoms with Crippen molar-refractivity contribution in [3.63, 3.8) is 0 Å². The second kappa shape index (κ2) is 9.05. The molecule has 0 spiro atoms. The van der Waals surface area contributed by atoms with Crippen molar-refractivity contribution in [1.82, 2.24) is 14.9 Å². The van der Waals surface area contributed by atoms with E-state index in [2.05, 4.69) is 15.0 Å². The molecule has 1 N–H and O–H groups in total. The molecule has 26 heavy (non-hydrogen) atoms. The third kappa shape index (κ3) is 5.22. The number of aromatic nitrogens is 2. The van der Waals surface area contributed by atoms with Gasteiger partial charge in [0.1, 0.15) is 6.54 Å². The summed E-state index contributed by atoms with van der Waals surface area (Å²) < 4.78 is 6.03. The highest BCUT2D eigenvalue weighted by Gasteiger charge is 2.15. The monoisotopic (exact) mass is 397 g/mol. The number of amides is 1. The zero-order valence-corrected chi connectivity index (χ0v) is 16.3. The lowest BCUT2D eigenvalue weighted by Crippen LogP contribution is -2.32. The van der Waals surface area contributed by atoms with Gasteiger partial charge in [0.15, 0.2) is 5.16 Å². The van der Waals surface area contributed by atoms with Crippen molar-refractivity contribution in [3.8, 4) is 0 Å². The first kappa shape index (κ1) is 20.3. The van der Waals surface area contributed by atoms with Gasteiger partial charge in [-0.1, -0.05) is 37.2 Å². The smallest absolute Gasteiger partial charge is 0.325 e. The van der Waals surface area contributed by atoms with Gasteiger partial charge in [0.05, 0.1) is 23.8 Å². The molecule has 1 aromatic carbocycles. The Hall–Kier alpha value is -2.06. The molecule has 0 bridgehead atoms. The minimum absolute atomic E-state index is 0.0284. The molecule has 0 saturated carbocycles. The summed E-state index contributed by atoms with van der Waals surface area (Å²) in [6, 6.07) is 4.95. The van der Waals surface area contributed by atoms with Gasteiger partial charge >= 0.3 is 5.97 Å². The molecule has 140 valence electrons. The van der Waals surface area contributed by atoms with Gasteiger partial charge in [0.25, 0.3) is 5.56 Å². The summed E-state index contributed by atoms with van der Waals surface area (Å²) in [4.78, 5) is 40.3. The zero-order chi connectivity index (χ0) is 19.3. The van der Waals surface area contributed by atoms with Crippen LogP contribution in [-0.2, 0) is 20.9 Å². The summed E-state index contributed by atoms with van der Waals surface area (Å²) in [6.07, 6.45) is 0. The number of nitrogens with one attached hydrogen (secondary N) is 1. The van der Waals surface area contributed by atoms with Crippen LogP contribution in [0.25, 0.3) is 10.9 Å². The minimum atomic E-state index is -0.527. The molecule has 0 aliphatic heterocycles. The van der Waals surface area contributed by atoms with Gasteiger partial charge in [-0.05, 0) is 24.1 Å². The zero-order valence-electron chi connectivity index (χ0n) is 14.7. The largest absolute Gasteiger partial charge is 0.468 e. The van der Waals surface area contributed by atoms with Gasteiger partial charge in [-0.25, -0.2) is 4.98 Å². The van der Waals surface area contributed by atoms with E-state index in [0.717, 1.165) is 11.8 Å². The van der Waals surface area contributed by atoms with E-state index in [1.54, 1.807) is 22.8 Å². The number of esters is 1. The fourth-order valence-electron chi connectivity index (χ4n) is 2.23. The molecule has 1 amide bonds. The summed E-state index contributed by atoms with van der Waals surface area (Å²) in [7, 11) is 1.25. The molecular formula is C17H20ClN3O4S. The van der Waals surface area contributed by atoms with Gasteiger partial charge in [-0.2, -0.15) is 0 Å². The van der Waals surface area contributed by atoms with E-state index in [1.807, 2.05) is 13.8 Å². The first-order chi connectivity index (χ1) is 12.3. The van der Waals surface area contributed by atoms with Crippen LogP contribution in [0.2, 0.25) is 5.02 Å². The highest BCUT2D eigenvalue weighted by atomic mass is 35.5. The van der Waals surface area contributed by atoms with Crippen LogP contribution < -0.4 is 10.9 Å².